The summed E-state index contributed by atoms with van der Waals surface area (Å²) < 4.78 is 10.4. The van der Waals surface area contributed by atoms with Gasteiger partial charge in [-0.1, -0.05) is 32.4 Å². The molecule has 2 aliphatic rings. The van der Waals surface area contributed by atoms with E-state index in [4.69, 9.17) is 21.1 Å². The van der Waals surface area contributed by atoms with Crippen LogP contribution in [0, 0.1) is 16.7 Å². The number of hydrogen-bond donors (Lipinski definition) is 0. The number of fused-ring (bicyclic) bond motifs is 2. The van der Waals surface area contributed by atoms with E-state index < -0.39 is 11.7 Å². The highest BCUT2D eigenvalue weighted by atomic mass is 35.5. The largest absolute Gasteiger partial charge is 0.510 e. The monoisotopic (exact) mass is 260 g/mol. The second-order valence-corrected chi connectivity index (χ2v) is 6.94. The van der Waals surface area contributed by atoms with E-state index in [1.165, 1.54) is 6.42 Å². The number of hydrogen-bond acceptors (Lipinski definition) is 3. The molecule has 0 spiro atoms. The van der Waals surface area contributed by atoms with Crippen LogP contribution >= 0.6 is 11.6 Å². The molecule has 0 aromatic carbocycles. The van der Waals surface area contributed by atoms with Gasteiger partial charge in [0, 0.05) is 10.8 Å². The Morgan fingerprint density at radius 1 is 1.41 bits per heavy atom. The van der Waals surface area contributed by atoms with Crippen LogP contribution in [0.4, 0.5) is 4.79 Å². The molecule has 2 rings (SSSR count). The van der Waals surface area contributed by atoms with Crippen LogP contribution < -0.4 is 0 Å². The fourth-order valence-corrected chi connectivity index (χ4v) is 3.88. The van der Waals surface area contributed by atoms with Gasteiger partial charge in [0.15, 0.2) is 5.56 Å². The van der Waals surface area contributed by atoms with Gasteiger partial charge in [-0.15, -0.1) is 0 Å². The molecule has 2 aliphatic carbocycles. The SMILES string of the molecule is CC(Cl)OC(=O)OC1C2(C)CC[C@@H](C2)C1(C)C. The summed E-state index contributed by atoms with van der Waals surface area (Å²) in [5.41, 5.74) is -0.485. The van der Waals surface area contributed by atoms with Crippen LogP contribution in [0.15, 0.2) is 0 Å². The molecule has 2 fully saturated rings. The second kappa shape index (κ2) is 4.04. The lowest BCUT2D eigenvalue weighted by molar-refractivity contribution is -0.0746. The standard InChI is InChI=1S/C13H21ClO3/c1-8(14)16-11(15)17-10-12(2,3)9-5-6-13(10,4)7-9/h8-10H,5-7H2,1-4H3/t8?,9-,10?,13?/m0/s1. The van der Waals surface area contributed by atoms with Gasteiger partial charge in [-0.2, -0.15) is 0 Å². The lowest BCUT2D eigenvalue weighted by Gasteiger charge is -2.41. The highest BCUT2D eigenvalue weighted by molar-refractivity contribution is 6.19. The third-order valence-electron chi connectivity index (χ3n) is 4.61. The van der Waals surface area contributed by atoms with Crippen molar-refractivity contribution in [3.05, 3.63) is 0 Å². The first-order chi connectivity index (χ1) is 7.75. The highest BCUT2D eigenvalue weighted by Crippen LogP contribution is 2.63. The van der Waals surface area contributed by atoms with Gasteiger partial charge in [-0.05, 0) is 32.1 Å². The van der Waals surface area contributed by atoms with Gasteiger partial charge in [-0.25, -0.2) is 4.79 Å². The quantitative estimate of drug-likeness (QED) is 0.557. The summed E-state index contributed by atoms with van der Waals surface area (Å²) in [5, 5.41) is 0. The Bertz CT molecular complexity index is 322. The van der Waals surface area contributed by atoms with E-state index in [-0.39, 0.29) is 16.9 Å². The molecular formula is C13H21ClO3. The van der Waals surface area contributed by atoms with E-state index in [1.807, 2.05) is 0 Å². The van der Waals surface area contributed by atoms with Gasteiger partial charge in [0.2, 0.25) is 0 Å². The summed E-state index contributed by atoms with van der Waals surface area (Å²) in [7, 11) is 0. The zero-order chi connectivity index (χ0) is 12.8. The van der Waals surface area contributed by atoms with Gasteiger partial charge in [-0.3, -0.25) is 0 Å². The molecule has 2 saturated carbocycles. The Hall–Kier alpha value is -0.440. The van der Waals surface area contributed by atoms with Crippen molar-refractivity contribution in [2.75, 3.05) is 0 Å². The molecule has 0 radical (unpaired) electrons. The Labute approximate surface area is 108 Å². The van der Waals surface area contributed by atoms with Gasteiger partial charge in [0.25, 0.3) is 0 Å². The molecule has 0 aromatic heterocycles. The van der Waals surface area contributed by atoms with E-state index in [2.05, 4.69) is 20.8 Å². The summed E-state index contributed by atoms with van der Waals surface area (Å²) in [6, 6.07) is 0. The van der Waals surface area contributed by atoms with Crippen LogP contribution in [-0.4, -0.2) is 17.8 Å². The third-order valence-corrected chi connectivity index (χ3v) is 4.70. The predicted molar refractivity (Wildman–Crippen MR) is 65.9 cm³/mol. The third kappa shape index (κ3) is 2.14. The summed E-state index contributed by atoms with van der Waals surface area (Å²) in [4.78, 5) is 11.6. The highest BCUT2D eigenvalue weighted by Gasteiger charge is 2.61. The molecule has 0 amide bonds. The first-order valence-corrected chi connectivity index (χ1v) is 6.71. The molecule has 0 heterocycles. The van der Waals surface area contributed by atoms with E-state index in [0.717, 1.165) is 12.8 Å². The topological polar surface area (TPSA) is 35.5 Å². The molecule has 2 bridgehead atoms. The summed E-state index contributed by atoms with van der Waals surface area (Å²) in [6.07, 6.45) is 2.82. The van der Waals surface area contributed by atoms with Crippen LogP contribution in [0.2, 0.25) is 0 Å². The number of ether oxygens (including phenoxy) is 2. The van der Waals surface area contributed by atoms with Crippen molar-refractivity contribution in [3.8, 4) is 0 Å². The molecule has 4 heteroatoms. The van der Waals surface area contributed by atoms with Crippen LogP contribution in [0.3, 0.4) is 0 Å². The first-order valence-electron chi connectivity index (χ1n) is 6.27. The minimum atomic E-state index is -0.642. The maximum atomic E-state index is 11.6. The van der Waals surface area contributed by atoms with Crippen LogP contribution in [0.25, 0.3) is 0 Å². The first kappa shape index (κ1) is 13.0. The Morgan fingerprint density at radius 3 is 2.53 bits per heavy atom. The summed E-state index contributed by atoms with van der Waals surface area (Å²) in [6.45, 7) is 8.19. The van der Waals surface area contributed by atoms with Gasteiger partial charge >= 0.3 is 6.16 Å². The minimum absolute atomic E-state index is 0.0432. The molecular weight excluding hydrogens is 240 g/mol. The average Bonchev–Trinajstić information content (AvgIpc) is 2.63. The molecule has 0 saturated heterocycles. The number of halogens is 1. The zero-order valence-corrected chi connectivity index (χ0v) is 11.7. The molecule has 3 nitrogen and oxygen atoms in total. The average molecular weight is 261 g/mol. The number of carbonyl (C=O) groups excluding carboxylic acids is 1. The fraction of sp³-hybridized carbons (Fsp3) is 0.923. The molecule has 0 aromatic rings. The Morgan fingerprint density at radius 2 is 2.06 bits per heavy atom. The van der Waals surface area contributed by atoms with Crippen molar-refractivity contribution in [2.24, 2.45) is 16.7 Å². The van der Waals surface area contributed by atoms with Crippen molar-refractivity contribution in [1.29, 1.82) is 0 Å². The van der Waals surface area contributed by atoms with Gasteiger partial charge < -0.3 is 9.47 Å². The summed E-state index contributed by atoms with van der Waals surface area (Å²) in [5.74, 6) is 0.652. The number of carbonyl (C=O) groups is 1. The maximum absolute atomic E-state index is 11.6. The van der Waals surface area contributed by atoms with Crippen molar-refractivity contribution in [2.45, 2.75) is 58.6 Å². The van der Waals surface area contributed by atoms with E-state index in [0.29, 0.717) is 5.92 Å². The number of rotatable bonds is 2. The zero-order valence-electron chi connectivity index (χ0n) is 11.0. The van der Waals surface area contributed by atoms with Crippen molar-refractivity contribution >= 4 is 17.8 Å². The van der Waals surface area contributed by atoms with Crippen molar-refractivity contribution in [3.63, 3.8) is 0 Å². The van der Waals surface area contributed by atoms with Gasteiger partial charge in [0.05, 0.1) is 0 Å². The molecule has 3 unspecified atom stereocenters. The van der Waals surface area contributed by atoms with E-state index in [1.54, 1.807) is 6.92 Å². The number of alkyl halides is 1. The second-order valence-electron chi connectivity index (χ2n) is 6.32. The molecule has 98 valence electrons. The Kier molecular flexibility index (Phi) is 3.09. The van der Waals surface area contributed by atoms with Crippen LogP contribution in [-0.2, 0) is 9.47 Å². The van der Waals surface area contributed by atoms with Gasteiger partial charge in [0.1, 0.15) is 6.10 Å². The van der Waals surface area contributed by atoms with Crippen LogP contribution in [0.1, 0.15) is 47.0 Å². The lowest BCUT2D eigenvalue weighted by atomic mass is 9.70. The van der Waals surface area contributed by atoms with E-state index >= 15 is 0 Å². The fourth-order valence-electron chi connectivity index (χ4n) is 3.81. The Balaban J connectivity index is 2.07. The van der Waals surface area contributed by atoms with E-state index in [9.17, 15) is 4.79 Å². The summed E-state index contributed by atoms with van der Waals surface area (Å²) >= 11 is 5.62. The van der Waals surface area contributed by atoms with Crippen molar-refractivity contribution in [1.82, 2.24) is 0 Å². The predicted octanol–water partition coefficient (Wildman–Crippen LogP) is 3.94. The molecule has 0 N–H and O–H groups in total. The smallest absolute Gasteiger partial charge is 0.430 e. The maximum Gasteiger partial charge on any atom is 0.510 e. The van der Waals surface area contributed by atoms with Crippen molar-refractivity contribution < 1.29 is 14.3 Å². The minimum Gasteiger partial charge on any atom is -0.430 e. The van der Waals surface area contributed by atoms with Crippen LogP contribution in [0.5, 0.6) is 0 Å². The normalized spacial score (nSPS) is 40.1. The lowest BCUT2D eigenvalue weighted by Crippen LogP contribution is -2.43. The molecule has 0 aliphatic heterocycles. The molecule has 17 heavy (non-hydrogen) atoms. The molecule has 4 atom stereocenters.